The highest BCUT2D eigenvalue weighted by Gasteiger charge is 2.43. The first-order valence-electron chi connectivity index (χ1n) is 11.2. The molecule has 0 saturated carbocycles. The van der Waals surface area contributed by atoms with Gasteiger partial charge in [-0.3, -0.25) is 0 Å². The van der Waals surface area contributed by atoms with E-state index in [4.69, 9.17) is 23.7 Å². The van der Waals surface area contributed by atoms with Gasteiger partial charge in [0.2, 0.25) is 0 Å². The van der Waals surface area contributed by atoms with Crippen molar-refractivity contribution in [3.05, 3.63) is 23.8 Å². The van der Waals surface area contributed by atoms with Crippen molar-refractivity contribution in [1.82, 2.24) is 0 Å². The molecule has 0 heterocycles. The van der Waals surface area contributed by atoms with Crippen LogP contribution in [0.25, 0.3) is 0 Å². The predicted octanol–water partition coefficient (Wildman–Crippen LogP) is 6.30. The van der Waals surface area contributed by atoms with Crippen LogP contribution >= 0.6 is 0 Å². The second-order valence-electron chi connectivity index (χ2n) is 7.16. The molecule has 5 nitrogen and oxygen atoms in total. The lowest BCUT2D eigenvalue weighted by Crippen LogP contribution is -2.45. The van der Waals surface area contributed by atoms with Gasteiger partial charge in [0.1, 0.15) is 11.5 Å². The van der Waals surface area contributed by atoms with Crippen LogP contribution in [-0.4, -0.2) is 40.0 Å². The Morgan fingerprint density at radius 3 is 1.62 bits per heavy atom. The Hall–Kier alpha value is -1.30. The van der Waals surface area contributed by atoms with Crippen LogP contribution in [0.15, 0.2) is 18.2 Å². The minimum absolute atomic E-state index is 0.0856. The van der Waals surface area contributed by atoms with Crippen molar-refractivity contribution in [3.63, 3.8) is 0 Å². The van der Waals surface area contributed by atoms with Crippen molar-refractivity contribution >= 4 is 0 Å². The molecule has 0 saturated heterocycles. The van der Waals surface area contributed by atoms with E-state index in [-0.39, 0.29) is 5.92 Å². The first-order chi connectivity index (χ1) is 14.1. The maximum absolute atomic E-state index is 6.14. The van der Waals surface area contributed by atoms with E-state index in [0.717, 1.165) is 29.9 Å². The third-order valence-corrected chi connectivity index (χ3v) is 5.09. The van der Waals surface area contributed by atoms with Crippen LogP contribution in [-0.2, 0) is 14.2 Å². The van der Waals surface area contributed by atoms with Crippen molar-refractivity contribution in [3.8, 4) is 11.5 Å². The molecule has 0 amide bonds. The van der Waals surface area contributed by atoms with Gasteiger partial charge in [0.25, 0.3) is 5.97 Å². The van der Waals surface area contributed by atoms with Gasteiger partial charge in [0.15, 0.2) is 0 Å². The number of unbranched alkanes of at least 4 members (excludes halogenated alkanes) is 5. The fourth-order valence-corrected chi connectivity index (χ4v) is 3.74. The van der Waals surface area contributed by atoms with Crippen molar-refractivity contribution in [2.75, 3.05) is 34.0 Å². The largest absolute Gasteiger partial charge is 0.497 e. The number of rotatable bonds is 17. The highest BCUT2D eigenvalue weighted by Crippen LogP contribution is 2.41. The molecular weight excluding hydrogens is 368 g/mol. The molecule has 0 radical (unpaired) electrons. The second kappa shape index (κ2) is 14.6. The lowest BCUT2D eigenvalue weighted by Gasteiger charge is -2.39. The summed E-state index contributed by atoms with van der Waals surface area (Å²) in [6.45, 7) is 9.69. The first kappa shape index (κ1) is 25.7. The highest BCUT2D eigenvalue weighted by molar-refractivity contribution is 5.40. The van der Waals surface area contributed by atoms with Crippen LogP contribution in [0.5, 0.6) is 11.5 Å². The molecule has 5 heteroatoms. The van der Waals surface area contributed by atoms with Crippen molar-refractivity contribution in [2.45, 2.75) is 84.5 Å². The molecule has 1 unspecified atom stereocenters. The summed E-state index contributed by atoms with van der Waals surface area (Å²) < 4.78 is 29.4. The number of benzene rings is 1. The molecule has 0 aliphatic carbocycles. The predicted molar refractivity (Wildman–Crippen MR) is 118 cm³/mol. The van der Waals surface area contributed by atoms with Gasteiger partial charge in [-0.25, -0.2) is 0 Å². The molecule has 1 atom stereocenters. The summed E-state index contributed by atoms with van der Waals surface area (Å²) in [4.78, 5) is 0. The maximum Gasteiger partial charge on any atom is 0.290 e. The van der Waals surface area contributed by atoms with Crippen molar-refractivity contribution < 1.29 is 23.7 Å². The Morgan fingerprint density at radius 2 is 1.17 bits per heavy atom. The van der Waals surface area contributed by atoms with Gasteiger partial charge >= 0.3 is 0 Å². The Kier molecular flexibility index (Phi) is 13.0. The summed E-state index contributed by atoms with van der Waals surface area (Å²) in [5, 5.41) is 0. The smallest absolute Gasteiger partial charge is 0.290 e. The molecule has 0 N–H and O–H groups in total. The topological polar surface area (TPSA) is 46.2 Å². The second-order valence-corrected chi connectivity index (χ2v) is 7.16. The SMILES string of the molecule is CCCCCCCCC(c1cc(OC)cc(OC)c1)C(OCC)(OCC)OCC. The summed E-state index contributed by atoms with van der Waals surface area (Å²) in [6, 6.07) is 5.96. The molecular formula is C24H42O5. The molecule has 168 valence electrons. The summed E-state index contributed by atoms with van der Waals surface area (Å²) in [7, 11) is 3.34. The van der Waals surface area contributed by atoms with Crippen LogP contribution in [0.4, 0.5) is 0 Å². The Bertz CT molecular complexity index is 507. The van der Waals surface area contributed by atoms with Crippen LogP contribution in [0.1, 0.15) is 84.1 Å². The molecule has 0 bridgehead atoms. The van der Waals surface area contributed by atoms with Gasteiger partial charge in [-0.2, -0.15) is 0 Å². The molecule has 0 spiro atoms. The Morgan fingerprint density at radius 1 is 0.690 bits per heavy atom. The van der Waals surface area contributed by atoms with Gasteiger partial charge in [0.05, 0.1) is 20.1 Å². The molecule has 0 aromatic heterocycles. The van der Waals surface area contributed by atoms with Crippen LogP contribution in [0.3, 0.4) is 0 Å². The molecule has 1 rings (SSSR count). The zero-order valence-electron chi connectivity index (χ0n) is 19.4. The summed E-state index contributed by atoms with van der Waals surface area (Å²) in [5.74, 6) is 0.313. The summed E-state index contributed by atoms with van der Waals surface area (Å²) in [5.41, 5.74) is 1.05. The minimum Gasteiger partial charge on any atom is -0.497 e. The number of hydrogen-bond acceptors (Lipinski definition) is 5. The van der Waals surface area contributed by atoms with E-state index in [2.05, 4.69) is 6.92 Å². The zero-order valence-corrected chi connectivity index (χ0v) is 19.4. The quantitative estimate of drug-likeness (QED) is 0.223. The van der Waals surface area contributed by atoms with Crippen LogP contribution in [0.2, 0.25) is 0 Å². The van der Waals surface area contributed by atoms with E-state index in [0.29, 0.717) is 19.8 Å². The van der Waals surface area contributed by atoms with Crippen molar-refractivity contribution in [2.24, 2.45) is 0 Å². The van der Waals surface area contributed by atoms with Gasteiger partial charge < -0.3 is 23.7 Å². The third-order valence-electron chi connectivity index (χ3n) is 5.09. The Balaban J connectivity index is 3.21. The molecule has 1 aromatic rings. The fraction of sp³-hybridized carbons (Fsp3) is 0.750. The fourth-order valence-electron chi connectivity index (χ4n) is 3.74. The van der Waals surface area contributed by atoms with Gasteiger partial charge in [-0.1, -0.05) is 45.4 Å². The van der Waals surface area contributed by atoms with Crippen molar-refractivity contribution in [1.29, 1.82) is 0 Å². The average molecular weight is 411 g/mol. The van der Waals surface area contributed by atoms with E-state index in [1.54, 1.807) is 14.2 Å². The molecule has 0 aliphatic heterocycles. The number of ether oxygens (including phenoxy) is 5. The first-order valence-corrected chi connectivity index (χ1v) is 11.2. The molecule has 0 fully saturated rings. The minimum atomic E-state index is -1.11. The molecule has 0 aliphatic rings. The summed E-state index contributed by atoms with van der Waals surface area (Å²) in [6.07, 6.45) is 8.30. The van der Waals surface area contributed by atoms with E-state index in [1.165, 1.54) is 32.1 Å². The van der Waals surface area contributed by atoms with Gasteiger partial charge in [0, 0.05) is 25.9 Å². The number of methoxy groups -OCH3 is 2. The van der Waals surface area contributed by atoms with E-state index >= 15 is 0 Å². The van der Waals surface area contributed by atoms with Gasteiger partial charge in [-0.15, -0.1) is 0 Å². The Labute approximate surface area is 178 Å². The zero-order chi connectivity index (χ0) is 21.5. The number of hydrogen-bond donors (Lipinski definition) is 0. The summed E-state index contributed by atoms with van der Waals surface area (Å²) >= 11 is 0. The lowest BCUT2D eigenvalue weighted by atomic mass is 9.89. The van der Waals surface area contributed by atoms with E-state index in [1.807, 2.05) is 39.0 Å². The maximum atomic E-state index is 6.14. The van der Waals surface area contributed by atoms with Crippen LogP contribution < -0.4 is 9.47 Å². The van der Waals surface area contributed by atoms with E-state index < -0.39 is 5.97 Å². The normalized spacial score (nSPS) is 12.8. The highest BCUT2D eigenvalue weighted by atomic mass is 16.9. The van der Waals surface area contributed by atoms with Gasteiger partial charge in [-0.05, 0) is 44.9 Å². The van der Waals surface area contributed by atoms with Crippen LogP contribution in [0, 0.1) is 0 Å². The third kappa shape index (κ3) is 8.15. The molecule has 29 heavy (non-hydrogen) atoms. The lowest BCUT2D eigenvalue weighted by molar-refractivity contribution is -0.389. The average Bonchev–Trinajstić information content (AvgIpc) is 2.73. The van der Waals surface area contributed by atoms with E-state index in [9.17, 15) is 0 Å². The monoisotopic (exact) mass is 410 g/mol. The standard InChI is InChI=1S/C24H42O5/c1-7-11-12-13-14-15-16-23(24(27-8-2,28-9-3)29-10-4)20-17-21(25-5)19-22(18-20)26-6/h17-19,23H,7-16H2,1-6H3. The molecule has 1 aromatic carbocycles.